The summed E-state index contributed by atoms with van der Waals surface area (Å²) in [6, 6.07) is 14.6. The van der Waals surface area contributed by atoms with E-state index >= 15 is 0 Å². The van der Waals surface area contributed by atoms with Crippen LogP contribution in [0.1, 0.15) is 4.88 Å². The van der Waals surface area contributed by atoms with E-state index in [0.717, 1.165) is 18.8 Å². The van der Waals surface area contributed by atoms with Gasteiger partial charge in [0.25, 0.3) is 0 Å². The molecule has 0 spiro atoms. The lowest BCUT2D eigenvalue weighted by molar-refractivity contribution is 0.314. The van der Waals surface area contributed by atoms with E-state index in [4.69, 9.17) is 4.74 Å². The Morgan fingerprint density at radius 3 is 2.57 bits per heavy atom. The fourth-order valence-corrected chi connectivity index (χ4v) is 3.38. The lowest BCUT2D eigenvalue weighted by Crippen LogP contribution is -2.20. The largest absolute Gasteiger partial charge is 0.492 e. The average molecular weight is 315 g/mol. The molecule has 0 fully saturated rings. The molecule has 0 radical (unpaired) electrons. The van der Waals surface area contributed by atoms with Gasteiger partial charge in [-0.05, 0) is 51.5 Å². The van der Waals surface area contributed by atoms with Crippen molar-refractivity contribution in [3.63, 3.8) is 0 Å². The minimum absolute atomic E-state index is 0.684. The highest BCUT2D eigenvalue weighted by Gasteiger charge is 1.99. The quantitative estimate of drug-likeness (QED) is 0.641. The van der Waals surface area contributed by atoms with Crippen molar-refractivity contribution in [2.24, 2.45) is 0 Å². The van der Waals surface area contributed by atoms with Crippen LogP contribution in [0.25, 0.3) is 11.1 Å². The van der Waals surface area contributed by atoms with Crippen LogP contribution in [0, 0.1) is 0 Å². The molecule has 3 rings (SSSR count). The molecule has 0 bridgehead atoms. The minimum atomic E-state index is 0.684. The Balaban J connectivity index is 1.41. The highest BCUT2D eigenvalue weighted by atomic mass is 32.1. The number of thiophene rings is 2. The molecule has 0 aliphatic carbocycles. The summed E-state index contributed by atoms with van der Waals surface area (Å²) in [4.78, 5) is 1.36. The van der Waals surface area contributed by atoms with Crippen molar-refractivity contribution in [2.45, 2.75) is 6.54 Å². The molecule has 0 aliphatic heterocycles. The fourth-order valence-electron chi connectivity index (χ4n) is 2.04. The molecule has 0 amide bonds. The van der Waals surface area contributed by atoms with Crippen LogP contribution in [0.4, 0.5) is 0 Å². The van der Waals surface area contributed by atoms with E-state index in [1.165, 1.54) is 16.0 Å². The van der Waals surface area contributed by atoms with Gasteiger partial charge in [-0.15, -0.1) is 11.3 Å². The molecule has 0 atom stereocenters. The third kappa shape index (κ3) is 4.17. The van der Waals surface area contributed by atoms with Gasteiger partial charge in [0.1, 0.15) is 12.4 Å². The van der Waals surface area contributed by atoms with Crippen LogP contribution in [0.5, 0.6) is 5.75 Å². The molecule has 2 heterocycles. The Hall–Kier alpha value is -1.62. The van der Waals surface area contributed by atoms with Crippen LogP contribution in [-0.2, 0) is 6.54 Å². The van der Waals surface area contributed by atoms with E-state index < -0.39 is 0 Å². The van der Waals surface area contributed by atoms with Crippen molar-refractivity contribution < 1.29 is 4.74 Å². The Labute approximate surface area is 133 Å². The summed E-state index contributed by atoms with van der Waals surface area (Å²) in [5.74, 6) is 0.923. The molecule has 21 heavy (non-hydrogen) atoms. The van der Waals surface area contributed by atoms with Crippen LogP contribution in [-0.4, -0.2) is 13.2 Å². The Morgan fingerprint density at radius 2 is 1.86 bits per heavy atom. The highest BCUT2D eigenvalue weighted by Crippen LogP contribution is 2.24. The van der Waals surface area contributed by atoms with Gasteiger partial charge in [0.15, 0.2) is 0 Å². The van der Waals surface area contributed by atoms with E-state index in [1.807, 2.05) is 12.1 Å². The molecule has 2 nitrogen and oxygen atoms in total. The standard InChI is InChI=1S/C17H17NOS2/c1-2-17(21-10-1)12-18-8-9-19-16-5-3-14(4-6-16)15-7-11-20-13-15/h1-7,10-11,13,18H,8-9,12H2. The summed E-state index contributed by atoms with van der Waals surface area (Å²) in [6.07, 6.45) is 0. The first-order chi connectivity index (χ1) is 10.4. The second kappa shape index (κ2) is 7.41. The third-order valence-corrected chi connectivity index (χ3v) is 4.70. The number of nitrogens with one attached hydrogen (secondary N) is 1. The summed E-state index contributed by atoms with van der Waals surface area (Å²) in [5, 5.41) is 9.73. The molecule has 1 aromatic carbocycles. The second-order valence-corrected chi connectivity index (χ2v) is 6.45. The van der Waals surface area contributed by atoms with Crippen molar-refractivity contribution in [2.75, 3.05) is 13.2 Å². The van der Waals surface area contributed by atoms with Crippen molar-refractivity contribution in [1.29, 1.82) is 0 Å². The second-order valence-electron chi connectivity index (χ2n) is 4.64. The van der Waals surface area contributed by atoms with Crippen molar-refractivity contribution in [3.05, 3.63) is 63.5 Å². The number of rotatable bonds is 7. The molecule has 108 valence electrons. The van der Waals surface area contributed by atoms with Gasteiger partial charge in [-0.2, -0.15) is 11.3 Å². The Bertz CT molecular complexity index is 630. The number of benzene rings is 1. The van der Waals surface area contributed by atoms with Gasteiger partial charge < -0.3 is 10.1 Å². The first-order valence-corrected chi connectivity index (χ1v) is 8.72. The Morgan fingerprint density at radius 1 is 0.952 bits per heavy atom. The van der Waals surface area contributed by atoms with Crippen LogP contribution in [0.2, 0.25) is 0 Å². The van der Waals surface area contributed by atoms with Crippen molar-refractivity contribution in [1.82, 2.24) is 5.32 Å². The molecular formula is C17H17NOS2. The van der Waals surface area contributed by atoms with Crippen LogP contribution in [0.15, 0.2) is 58.6 Å². The zero-order valence-electron chi connectivity index (χ0n) is 11.6. The maximum Gasteiger partial charge on any atom is 0.119 e. The predicted octanol–water partition coefficient (Wildman–Crippen LogP) is 4.65. The summed E-state index contributed by atoms with van der Waals surface area (Å²) >= 11 is 3.49. The van der Waals surface area contributed by atoms with Gasteiger partial charge in [-0.1, -0.05) is 18.2 Å². The SMILES string of the molecule is c1csc(CNCCOc2ccc(-c3ccsc3)cc2)c1. The fraction of sp³-hybridized carbons (Fsp3) is 0.176. The lowest BCUT2D eigenvalue weighted by Gasteiger charge is -2.07. The van der Waals surface area contributed by atoms with Gasteiger partial charge in [0.2, 0.25) is 0 Å². The number of ether oxygens (including phenoxy) is 1. The molecule has 4 heteroatoms. The molecule has 2 aromatic heterocycles. The van der Waals surface area contributed by atoms with Gasteiger partial charge in [0, 0.05) is 18.0 Å². The summed E-state index contributed by atoms with van der Waals surface area (Å²) < 4.78 is 5.74. The van der Waals surface area contributed by atoms with E-state index in [9.17, 15) is 0 Å². The van der Waals surface area contributed by atoms with Crippen LogP contribution < -0.4 is 10.1 Å². The van der Waals surface area contributed by atoms with Gasteiger partial charge in [0.05, 0.1) is 0 Å². The number of hydrogen-bond acceptors (Lipinski definition) is 4. The van der Waals surface area contributed by atoms with E-state index in [2.05, 4.69) is 51.8 Å². The zero-order valence-corrected chi connectivity index (χ0v) is 13.3. The number of hydrogen-bond donors (Lipinski definition) is 1. The summed E-state index contributed by atoms with van der Waals surface area (Å²) in [5.41, 5.74) is 2.50. The monoisotopic (exact) mass is 315 g/mol. The van der Waals surface area contributed by atoms with Crippen molar-refractivity contribution >= 4 is 22.7 Å². The van der Waals surface area contributed by atoms with E-state index in [1.54, 1.807) is 22.7 Å². The highest BCUT2D eigenvalue weighted by molar-refractivity contribution is 7.09. The lowest BCUT2D eigenvalue weighted by atomic mass is 10.1. The average Bonchev–Trinajstić information content (AvgIpc) is 3.21. The predicted molar refractivity (Wildman–Crippen MR) is 91.3 cm³/mol. The van der Waals surface area contributed by atoms with E-state index in [0.29, 0.717) is 6.61 Å². The van der Waals surface area contributed by atoms with Crippen molar-refractivity contribution in [3.8, 4) is 16.9 Å². The summed E-state index contributed by atoms with van der Waals surface area (Å²) in [7, 11) is 0. The molecule has 0 aliphatic rings. The molecule has 0 saturated heterocycles. The smallest absolute Gasteiger partial charge is 0.119 e. The minimum Gasteiger partial charge on any atom is -0.492 e. The first kappa shape index (κ1) is 14.3. The van der Waals surface area contributed by atoms with Gasteiger partial charge in [-0.25, -0.2) is 0 Å². The first-order valence-electron chi connectivity index (χ1n) is 6.90. The zero-order chi connectivity index (χ0) is 14.3. The Kier molecular flexibility index (Phi) is 5.05. The maximum atomic E-state index is 5.74. The van der Waals surface area contributed by atoms with E-state index in [-0.39, 0.29) is 0 Å². The molecule has 0 saturated carbocycles. The molecule has 1 N–H and O–H groups in total. The topological polar surface area (TPSA) is 21.3 Å². The van der Waals surface area contributed by atoms with Crippen LogP contribution in [0.3, 0.4) is 0 Å². The van der Waals surface area contributed by atoms with Crippen LogP contribution >= 0.6 is 22.7 Å². The van der Waals surface area contributed by atoms with Gasteiger partial charge in [-0.3, -0.25) is 0 Å². The summed E-state index contributed by atoms with van der Waals surface area (Å²) in [6.45, 7) is 2.45. The third-order valence-electron chi connectivity index (χ3n) is 3.14. The molecule has 0 unspecified atom stereocenters. The molecular weight excluding hydrogens is 298 g/mol. The normalized spacial score (nSPS) is 10.7. The maximum absolute atomic E-state index is 5.74. The van der Waals surface area contributed by atoms with Gasteiger partial charge >= 0.3 is 0 Å². The molecule has 3 aromatic rings.